The first-order valence-electron chi connectivity index (χ1n) is 9.36. The van der Waals surface area contributed by atoms with E-state index in [1.54, 1.807) is 49.4 Å². The van der Waals surface area contributed by atoms with E-state index in [1.165, 1.54) is 18.2 Å². The highest BCUT2D eigenvalue weighted by Gasteiger charge is 2.72. The average Bonchev–Trinajstić information content (AvgIpc) is 3.11. The summed E-state index contributed by atoms with van der Waals surface area (Å²) in [4.78, 5) is 23.9. The van der Waals surface area contributed by atoms with Crippen molar-refractivity contribution in [3.63, 3.8) is 0 Å². The van der Waals surface area contributed by atoms with Gasteiger partial charge in [-0.25, -0.2) is 13.2 Å². The van der Waals surface area contributed by atoms with Gasteiger partial charge in [-0.1, -0.05) is 49.4 Å². The second-order valence-electron chi connectivity index (χ2n) is 7.70. The molecule has 1 fully saturated rings. The van der Waals surface area contributed by atoms with Crippen molar-refractivity contribution in [3.8, 4) is 10.4 Å². The molecule has 2 aromatic carbocycles. The van der Waals surface area contributed by atoms with Crippen LogP contribution < -0.4 is 4.72 Å². The van der Waals surface area contributed by atoms with Gasteiger partial charge in [0.15, 0.2) is 0 Å². The number of sulfonamides is 1. The summed E-state index contributed by atoms with van der Waals surface area (Å²) in [5.41, 5.74) is -1.10. The van der Waals surface area contributed by atoms with Gasteiger partial charge in [-0.3, -0.25) is 4.79 Å². The molecular formula is C22H19NO6S2. The lowest BCUT2D eigenvalue weighted by Crippen LogP contribution is -2.47. The molecule has 1 aromatic heterocycles. The first-order valence-corrected chi connectivity index (χ1v) is 11.7. The highest BCUT2D eigenvalue weighted by molar-refractivity contribution is 7.91. The van der Waals surface area contributed by atoms with E-state index >= 15 is 0 Å². The molecule has 1 heterocycles. The Morgan fingerprint density at radius 2 is 1.71 bits per heavy atom. The molecule has 3 aromatic rings. The number of aliphatic carboxylic acids is 1. The number of hydrogen-bond acceptors (Lipinski definition) is 5. The number of carbonyl (C=O) groups is 2. The third kappa shape index (κ3) is 3.54. The molecule has 1 saturated carbocycles. The second kappa shape index (κ2) is 7.30. The van der Waals surface area contributed by atoms with Crippen LogP contribution in [0, 0.1) is 0 Å². The molecule has 0 saturated heterocycles. The molecule has 2 atom stereocenters. The van der Waals surface area contributed by atoms with Gasteiger partial charge in [-0.2, -0.15) is 4.72 Å². The van der Waals surface area contributed by atoms with Crippen LogP contribution in [0.25, 0.3) is 10.4 Å². The highest BCUT2D eigenvalue weighted by atomic mass is 32.2. The lowest BCUT2D eigenvalue weighted by Gasteiger charge is -2.20. The number of nitrogens with one attached hydrogen (secondary N) is 1. The first kappa shape index (κ1) is 21.2. The van der Waals surface area contributed by atoms with Crippen LogP contribution >= 0.6 is 11.3 Å². The molecule has 31 heavy (non-hydrogen) atoms. The van der Waals surface area contributed by atoms with Crippen LogP contribution in [0.4, 0.5) is 0 Å². The van der Waals surface area contributed by atoms with Crippen LogP contribution in [0.5, 0.6) is 0 Å². The van der Waals surface area contributed by atoms with Gasteiger partial charge >= 0.3 is 11.9 Å². The van der Waals surface area contributed by atoms with E-state index in [1.807, 2.05) is 6.07 Å². The van der Waals surface area contributed by atoms with Crippen LogP contribution in [0.1, 0.15) is 29.3 Å². The quantitative estimate of drug-likeness (QED) is 0.499. The van der Waals surface area contributed by atoms with E-state index in [-0.39, 0.29) is 16.2 Å². The predicted octanol–water partition coefficient (Wildman–Crippen LogP) is 3.58. The van der Waals surface area contributed by atoms with Crippen LogP contribution in [-0.4, -0.2) is 36.1 Å². The number of rotatable bonds is 7. The third-order valence-corrected chi connectivity index (χ3v) is 8.88. The molecule has 1 aliphatic carbocycles. The first-order chi connectivity index (χ1) is 14.6. The molecule has 3 N–H and O–H groups in total. The fraction of sp³-hybridized carbons (Fsp3) is 0.182. The third-order valence-electron chi connectivity index (χ3n) is 5.76. The minimum atomic E-state index is -4.12. The minimum absolute atomic E-state index is 0.0360. The zero-order valence-electron chi connectivity index (χ0n) is 16.4. The molecule has 0 spiro atoms. The van der Waals surface area contributed by atoms with Gasteiger partial charge < -0.3 is 10.2 Å². The monoisotopic (exact) mass is 457 g/mol. The van der Waals surface area contributed by atoms with Crippen LogP contribution in [0.3, 0.4) is 0 Å². The van der Waals surface area contributed by atoms with Crippen LogP contribution in [-0.2, 0) is 20.2 Å². The largest absolute Gasteiger partial charge is 0.480 e. The predicted molar refractivity (Wildman–Crippen MR) is 116 cm³/mol. The van der Waals surface area contributed by atoms with E-state index in [4.69, 9.17) is 5.11 Å². The van der Waals surface area contributed by atoms with E-state index in [0.29, 0.717) is 10.4 Å². The maximum Gasteiger partial charge on any atom is 0.335 e. The number of aromatic carboxylic acids is 1. The molecule has 0 radical (unpaired) electrons. The Hall–Kier alpha value is -3.01. The Bertz CT molecular complexity index is 1280. The van der Waals surface area contributed by atoms with E-state index in [2.05, 4.69) is 4.72 Å². The van der Waals surface area contributed by atoms with E-state index < -0.39 is 32.9 Å². The molecule has 4 rings (SSSR count). The fourth-order valence-electron chi connectivity index (χ4n) is 3.85. The van der Waals surface area contributed by atoms with Crippen molar-refractivity contribution < 1.29 is 28.2 Å². The minimum Gasteiger partial charge on any atom is -0.480 e. The van der Waals surface area contributed by atoms with Crippen molar-refractivity contribution in [2.75, 3.05) is 0 Å². The second-order valence-corrected chi connectivity index (χ2v) is 10.7. The topological polar surface area (TPSA) is 121 Å². The van der Waals surface area contributed by atoms with Gasteiger partial charge in [0.2, 0.25) is 0 Å². The summed E-state index contributed by atoms with van der Waals surface area (Å²) in [6.07, 6.45) is 0.136. The SMILES string of the molecule is CC1(c2ccccc2)CC1(NS(=O)(=O)c1ccc(-c2cccc(C(=O)O)c2)s1)C(=O)O. The van der Waals surface area contributed by atoms with Crippen LogP contribution in [0.2, 0.25) is 0 Å². The standard InChI is InChI=1S/C22H19NO6S2/c1-21(16-8-3-2-4-9-16)13-22(21,20(26)27)23-31(28,29)18-11-10-17(30-18)14-6-5-7-15(12-14)19(24)25/h2-12,23H,13H2,1H3,(H,24,25)(H,26,27). The summed E-state index contributed by atoms with van der Waals surface area (Å²) in [6, 6.07) is 18.1. The number of carboxylic acids is 2. The number of benzene rings is 2. The molecule has 160 valence electrons. The van der Waals surface area contributed by atoms with E-state index in [0.717, 1.165) is 16.9 Å². The Balaban J connectivity index is 1.65. The lowest BCUT2D eigenvalue weighted by atomic mass is 9.93. The molecular weight excluding hydrogens is 438 g/mol. The summed E-state index contributed by atoms with van der Waals surface area (Å²) in [6.45, 7) is 1.73. The van der Waals surface area contributed by atoms with Gasteiger partial charge in [0.1, 0.15) is 9.75 Å². The van der Waals surface area contributed by atoms with Crippen molar-refractivity contribution in [2.45, 2.75) is 28.5 Å². The average molecular weight is 458 g/mol. The summed E-state index contributed by atoms with van der Waals surface area (Å²) in [5, 5.41) is 19.1. The summed E-state index contributed by atoms with van der Waals surface area (Å²) >= 11 is 0.953. The molecule has 1 aliphatic rings. The normalized spacial score (nSPS) is 22.7. The molecule has 2 unspecified atom stereocenters. The molecule has 0 bridgehead atoms. The van der Waals surface area contributed by atoms with Gasteiger partial charge in [-0.05, 0) is 41.8 Å². The molecule has 0 amide bonds. The Morgan fingerprint density at radius 3 is 2.35 bits per heavy atom. The van der Waals surface area contributed by atoms with E-state index in [9.17, 15) is 23.1 Å². The van der Waals surface area contributed by atoms with Crippen molar-refractivity contribution in [1.29, 1.82) is 0 Å². The Morgan fingerprint density at radius 1 is 1.00 bits per heavy atom. The highest BCUT2D eigenvalue weighted by Crippen LogP contribution is 2.58. The van der Waals surface area contributed by atoms with Crippen molar-refractivity contribution in [1.82, 2.24) is 4.72 Å². The van der Waals surface area contributed by atoms with Crippen molar-refractivity contribution >= 4 is 33.3 Å². The molecule has 0 aliphatic heterocycles. The number of hydrogen-bond donors (Lipinski definition) is 3. The van der Waals surface area contributed by atoms with Gasteiger partial charge in [0.25, 0.3) is 10.0 Å². The van der Waals surface area contributed by atoms with Gasteiger partial charge in [0, 0.05) is 10.3 Å². The number of carboxylic acid groups (broad SMARTS) is 2. The lowest BCUT2D eigenvalue weighted by molar-refractivity contribution is -0.140. The maximum absolute atomic E-state index is 13.1. The zero-order chi connectivity index (χ0) is 22.4. The van der Waals surface area contributed by atoms with Crippen molar-refractivity contribution in [2.24, 2.45) is 0 Å². The van der Waals surface area contributed by atoms with Gasteiger partial charge in [-0.15, -0.1) is 11.3 Å². The fourth-order valence-corrected chi connectivity index (χ4v) is 6.61. The summed E-state index contributed by atoms with van der Waals surface area (Å²) in [7, 11) is -4.12. The zero-order valence-corrected chi connectivity index (χ0v) is 18.0. The number of thiophene rings is 1. The smallest absolute Gasteiger partial charge is 0.335 e. The molecule has 9 heteroatoms. The summed E-state index contributed by atoms with van der Waals surface area (Å²) in [5.74, 6) is -2.31. The van der Waals surface area contributed by atoms with Gasteiger partial charge in [0.05, 0.1) is 5.56 Å². The Kier molecular flexibility index (Phi) is 5.00. The summed E-state index contributed by atoms with van der Waals surface area (Å²) < 4.78 is 28.5. The maximum atomic E-state index is 13.1. The molecule has 7 nitrogen and oxygen atoms in total. The van der Waals surface area contributed by atoms with Crippen molar-refractivity contribution in [3.05, 3.63) is 77.9 Å². The Labute approximate surface area is 183 Å². The van der Waals surface area contributed by atoms with Crippen LogP contribution in [0.15, 0.2) is 70.9 Å².